The molecule has 33 heavy (non-hydrogen) atoms. The molecule has 1 aromatic rings. The van der Waals surface area contributed by atoms with Crippen LogP contribution in [0.4, 0.5) is 18.9 Å². The number of carbonyl (C=O) groups excluding carboxylic acids is 3. The molecule has 2 rings (SSSR count). The molecular weight excluding hydrogens is 439 g/mol. The van der Waals surface area contributed by atoms with Crippen molar-refractivity contribution in [2.75, 3.05) is 11.4 Å². The minimum absolute atomic E-state index is 0.286. The van der Waals surface area contributed by atoms with E-state index in [1.54, 1.807) is 4.90 Å². The van der Waals surface area contributed by atoms with Gasteiger partial charge in [-0.25, -0.2) is 4.79 Å². The zero-order valence-corrected chi connectivity index (χ0v) is 19.2. The highest BCUT2D eigenvalue weighted by Crippen LogP contribution is 2.28. The first kappa shape index (κ1) is 26.4. The maximum atomic E-state index is 12.8. The van der Waals surface area contributed by atoms with Gasteiger partial charge in [0.15, 0.2) is 0 Å². The first-order valence-corrected chi connectivity index (χ1v) is 10.6. The summed E-state index contributed by atoms with van der Waals surface area (Å²) < 4.78 is 42.1. The standard InChI is InChI=1S/C23H30F3N3O4/c1-5-22(27,33-20(32)23(24,25)26)19(31)28-16(14-21(2,3)4)10-11-18(30)29-13-12-15-8-6-7-9-17(15)29/h6-11,16H,5,12-14,27H2,1-4H3,(H,28,31)/b11-10+/t16-,22+/m1/s1. The Morgan fingerprint density at radius 2 is 1.85 bits per heavy atom. The summed E-state index contributed by atoms with van der Waals surface area (Å²) in [4.78, 5) is 38.4. The van der Waals surface area contributed by atoms with Crippen LogP contribution in [0.1, 0.15) is 46.1 Å². The fourth-order valence-electron chi connectivity index (χ4n) is 3.48. The average Bonchev–Trinajstić information content (AvgIpc) is 3.14. The minimum atomic E-state index is -5.29. The third-order valence-electron chi connectivity index (χ3n) is 5.19. The van der Waals surface area contributed by atoms with Crippen molar-refractivity contribution in [3.63, 3.8) is 0 Å². The molecule has 3 N–H and O–H groups in total. The molecule has 1 aromatic carbocycles. The van der Waals surface area contributed by atoms with E-state index in [4.69, 9.17) is 5.73 Å². The highest BCUT2D eigenvalue weighted by Gasteiger charge is 2.48. The Balaban J connectivity index is 2.18. The quantitative estimate of drug-likeness (QED) is 0.363. The molecule has 2 amide bonds. The minimum Gasteiger partial charge on any atom is -0.428 e. The number of hydrogen-bond acceptors (Lipinski definition) is 5. The van der Waals surface area contributed by atoms with Gasteiger partial charge in [-0.1, -0.05) is 52.0 Å². The predicted octanol–water partition coefficient (Wildman–Crippen LogP) is 3.22. The van der Waals surface area contributed by atoms with Gasteiger partial charge in [0.2, 0.25) is 5.72 Å². The third-order valence-corrected chi connectivity index (χ3v) is 5.19. The molecule has 0 bridgehead atoms. The van der Waals surface area contributed by atoms with Crippen LogP contribution in [-0.4, -0.2) is 42.3 Å². The molecule has 10 heteroatoms. The number of nitrogens with two attached hydrogens (primary N) is 1. The normalized spacial score (nSPS) is 16.8. The Morgan fingerprint density at radius 1 is 1.21 bits per heavy atom. The van der Waals surface area contributed by atoms with Crippen LogP contribution in [0.5, 0.6) is 0 Å². The number of anilines is 1. The van der Waals surface area contributed by atoms with Crippen LogP contribution >= 0.6 is 0 Å². The molecule has 1 aliphatic heterocycles. The van der Waals surface area contributed by atoms with Gasteiger partial charge in [-0.15, -0.1) is 0 Å². The molecule has 0 saturated heterocycles. The van der Waals surface area contributed by atoms with Crippen LogP contribution < -0.4 is 16.0 Å². The van der Waals surface area contributed by atoms with Gasteiger partial charge in [-0.05, 0) is 29.9 Å². The summed E-state index contributed by atoms with van der Waals surface area (Å²) in [5.41, 5.74) is 4.76. The summed E-state index contributed by atoms with van der Waals surface area (Å²) in [7, 11) is 0. The van der Waals surface area contributed by atoms with Crippen LogP contribution in [0, 0.1) is 5.41 Å². The molecule has 1 aliphatic rings. The largest absolute Gasteiger partial charge is 0.491 e. The second-order valence-electron chi connectivity index (χ2n) is 9.20. The summed E-state index contributed by atoms with van der Waals surface area (Å²) in [5, 5.41) is 2.52. The topological polar surface area (TPSA) is 102 Å². The van der Waals surface area contributed by atoms with Gasteiger partial charge in [-0.3, -0.25) is 15.3 Å². The number of alkyl halides is 3. The summed E-state index contributed by atoms with van der Waals surface area (Å²) in [6.45, 7) is 7.55. The van der Waals surface area contributed by atoms with Gasteiger partial charge >= 0.3 is 12.1 Å². The molecule has 182 valence electrons. The Bertz CT molecular complexity index is 924. The van der Waals surface area contributed by atoms with Crippen molar-refractivity contribution in [3.8, 4) is 0 Å². The first-order chi connectivity index (χ1) is 15.2. The van der Waals surface area contributed by atoms with E-state index < -0.39 is 29.8 Å². The van der Waals surface area contributed by atoms with Crippen LogP contribution in [-0.2, 0) is 25.5 Å². The van der Waals surface area contributed by atoms with E-state index in [-0.39, 0.29) is 17.7 Å². The second-order valence-corrected chi connectivity index (χ2v) is 9.20. The van der Waals surface area contributed by atoms with Crippen LogP contribution in [0.2, 0.25) is 0 Å². The Labute approximate surface area is 191 Å². The molecule has 1 heterocycles. The van der Waals surface area contributed by atoms with E-state index in [0.717, 1.165) is 17.7 Å². The molecule has 7 nitrogen and oxygen atoms in total. The smallest absolute Gasteiger partial charge is 0.428 e. The van der Waals surface area contributed by atoms with Crippen molar-refractivity contribution in [1.82, 2.24) is 5.32 Å². The van der Waals surface area contributed by atoms with Crippen LogP contribution in [0.25, 0.3) is 0 Å². The number of hydrogen-bond donors (Lipinski definition) is 2. The maximum absolute atomic E-state index is 12.8. The first-order valence-electron chi connectivity index (χ1n) is 10.6. The van der Waals surface area contributed by atoms with Gasteiger partial charge < -0.3 is 15.0 Å². The number of ether oxygens (including phenoxy) is 1. The zero-order valence-electron chi connectivity index (χ0n) is 19.2. The van der Waals surface area contributed by atoms with Crippen molar-refractivity contribution in [3.05, 3.63) is 42.0 Å². The molecule has 2 atom stereocenters. The lowest BCUT2D eigenvalue weighted by Crippen LogP contribution is -2.59. The summed E-state index contributed by atoms with van der Waals surface area (Å²) in [6, 6.07) is 6.79. The van der Waals surface area contributed by atoms with Crippen molar-refractivity contribution >= 4 is 23.5 Å². The third kappa shape index (κ3) is 7.05. The van der Waals surface area contributed by atoms with Crippen LogP contribution in [0.15, 0.2) is 36.4 Å². The maximum Gasteiger partial charge on any atom is 0.491 e. The number of carbonyl (C=O) groups is 3. The summed E-state index contributed by atoms with van der Waals surface area (Å²) in [6.07, 6.45) is -1.78. The number of amides is 2. The summed E-state index contributed by atoms with van der Waals surface area (Å²) in [5.74, 6) is -3.92. The second kappa shape index (κ2) is 9.94. The molecule has 0 fully saturated rings. The van der Waals surface area contributed by atoms with Gasteiger partial charge in [-0.2, -0.15) is 13.2 Å². The predicted molar refractivity (Wildman–Crippen MR) is 117 cm³/mol. The monoisotopic (exact) mass is 469 g/mol. The van der Waals surface area contributed by atoms with Crippen molar-refractivity contribution in [2.24, 2.45) is 11.1 Å². The lowest BCUT2D eigenvalue weighted by atomic mass is 9.87. The van der Waals surface area contributed by atoms with Gasteiger partial charge in [0.1, 0.15) is 0 Å². The average molecular weight is 470 g/mol. The molecule has 0 unspecified atom stereocenters. The summed E-state index contributed by atoms with van der Waals surface area (Å²) >= 11 is 0. The molecule has 0 spiro atoms. The molecular formula is C23H30F3N3O4. The lowest BCUT2D eigenvalue weighted by Gasteiger charge is -2.31. The number of fused-ring (bicyclic) bond motifs is 1. The van der Waals surface area contributed by atoms with Crippen molar-refractivity contribution in [1.29, 1.82) is 0 Å². The van der Waals surface area contributed by atoms with Gasteiger partial charge in [0, 0.05) is 30.8 Å². The highest BCUT2D eigenvalue weighted by atomic mass is 19.4. The Morgan fingerprint density at radius 3 is 2.42 bits per heavy atom. The highest BCUT2D eigenvalue weighted by molar-refractivity contribution is 6.03. The Hall–Kier alpha value is -2.88. The molecule has 0 aromatic heterocycles. The molecule has 0 radical (unpaired) electrons. The number of nitrogens with zero attached hydrogens (tertiary/aromatic N) is 1. The van der Waals surface area contributed by atoms with E-state index in [0.29, 0.717) is 13.0 Å². The lowest BCUT2D eigenvalue weighted by molar-refractivity contribution is -0.214. The number of halogens is 3. The van der Waals surface area contributed by atoms with E-state index in [9.17, 15) is 27.6 Å². The van der Waals surface area contributed by atoms with E-state index >= 15 is 0 Å². The van der Waals surface area contributed by atoms with Crippen LogP contribution in [0.3, 0.4) is 0 Å². The fourth-order valence-corrected chi connectivity index (χ4v) is 3.48. The zero-order chi connectivity index (χ0) is 25.0. The number of nitrogens with one attached hydrogen (secondary N) is 1. The van der Waals surface area contributed by atoms with E-state index in [1.165, 1.54) is 19.1 Å². The fraction of sp³-hybridized carbons (Fsp3) is 0.522. The van der Waals surface area contributed by atoms with Crippen molar-refractivity contribution in [2.45, 2.75) is 64.9 Å². The van der Waals surface area contributed by atoms with Gasteiger partial charge in [0.05, 0.1) is 0 Å². The number of esters is 1. The molecule has 0 aliphatic carbocycles. The van der Waals surface area contributed by atoms with Gasteiger partial charge in [0.25, 0.3) is 11.8 Å². The number of rotatable bonds is 7. The van der Waals surface area contributed by atoms with Crippen molar-refractivity contribution < 1.29 is 32.3 Å². The Kier molecular flexibility index (Phi) is 7.95. The number of para-hydroxylation sites is 1. The molecule has 0 saturated carbocycles. The van der Waals surface area contributed by atoms with E-state index in [1.807, 2.05) is 45.0 Å². The number of benzene rings is 1. The SMILES string of the molecule is CC[C@](N)(OC(=O)C(F)(F)F)C(=O)N[C@H](/C=C/C(=O)N1CCc2ccccc21)CC(C)(C)C. The van der Waals surface area contributed by atoms with E-state index in [2.05, 4.69) is 10.1 Å².